The van der Waals surface area contributed by atoms with Crippen LogP contribution in [0.1, 0.15) is 48.0 Å². The first-order chi connectivity index (χ1) is 6.89. The van der Waals surface area contributed by atoms with Crippen LogP contribution in [0.3, 0.4) is 0 Å². The van der Waals surface area contributed by atoms with Crippen molar-refractivity contribution in [1.82, 2.24) is 0 Å². The molecule has 0 rings (SSSR count). The maximum absolute atomic E-state index is 3.73. The molecular formula is C14H26Si. The Bertz CT molecular complexity index is 228. The molecule has 0 aliphatic heterocycles. The van der Waals surface area contributed by atoms with Crippen molar-refractivity contribution in [2.24, 2.45) is 0 Å². The van der Waals surface area contributed by atoms with Gasteiger partial charge in [-0.1, -0.05) is 47.6 Å². The monoisotopic (exact) mass is 222 g/mol. The average Bonchev–Trinajstić information content (AvgIpc) is 2.10. The second kappa shape index (κ2) is 6.18. The van der Waals surface area contributed by atoms with Gasteiger partial charge in [0.1, 0.15) is 8.07 Å². The lowest BCUT2D eigenvalue weighted by Crippen LogP contribution is -2.43. The molecule has 0 radical (unpaired) electrons. The van der Waals surface area contributed by atoms with Crippen molar-refractivity contribution in [1.29, 1.82) is 0 Å². The molecule has 15 heavy (non-hydrogen) atoms. The number of rotatable bonds is 4. The van der Waals surface area contributed by atoms with Crippen molar-refractivity contribution in [2.75, 3.05) is 0 Å². The van der Waals surface area contributed by atoms with E-state index in [1.54, 1.807) is 0 Å². The van der Waals surface area contributed by atoms with E-state index in [2.05, 4.69) is 59.6 Å². The summed E-state index contributed by atoms with van der Waals surface area (Å²) in [6.45, 7) is 17.8. The summed E-state index contributed by atoms with van der Waals surface area (Å²) in [6.07, 6.45) is 2.73. The van der Waals surface area contributed by atoms with Gasteiger partial charge in [-0.25, -0.2) is 0 Å². The largest absolute Gasteiger partial charge is 0.145 e. The lowest BCUT2D eigenvalue weighted by atomic mass is 10.5. The standard InChI is InChI=1S/C14H26Si/c1-8-9-10-11-15(12(2)3,13(4)5)14(6)7/h8,12-14H,1,9H2,2-7H3. The average molecular weight is 222 g/mol. The summed E-state index contributed by atoms with van der Waals surface area (Å²) in [6, 6.07) is 0. The molecule has 0 aromatic rings. The smallest absolute Gasteiger partial charge is 0.130 e. The number of allylic oxidation sites excluding steroid dienone is 1. The number of hydrogen-bond acceptors (Lipinski definition) is 0. The van der Waals surface area contributed by atoms with Crippen LogP contribution in [0.5, 0.6) is 0 Å². The normalized spacial score (nSPS) is 11.8. The SMILES string of the molecule is C=CCC#C[Si](C(C)C)(C(C)C)C(C)C. The molecule has 0 unspecified atom stereocenters. The van der Waals surface area contributed by atoms with Gasteiger partial charge in [-0.3, -0.25) is 0 Å². The third-order valence-electron chi connectivity index (χ3n) is 3.42. The lowest BCUT2D eigenvalue weighted by Gasteiger charge is -2.38. The molecule has 0 nitrogen and oxygen atoms in total. The first-order valence-corrected chi connectivity index (χ1v) is 8.23. The molecule has 0 saturated heterocycles. The van der Waals surface area contributed by atoms with E-state index >= 15 is 0 Å². The molecule has 0 aromatic carbocycles. The van der Waals surface area contributed by atoms with Crippen molar-refractivity contribution in [2.45, 2.75) is 64.6 Å². The third kappa shape index (κ3) is 3.24. The summed E-state index contributed by atoms with van der Waals surface area (Å²) in [4.78, 5) is 0. The Balaban J connectivity index is 5.16. The Hall–Kier alpha value is -0.483. The van der Waals surface area contributed by atoms with E-state index in [9.17, 15) is 0 Å². The van der Waals surface area contributed by atoms with Gasteiger partial charge < -0.3 is 0 Å². The quantitative estimate of drug-likeness (QED) is 0.365. The van der Waals surface area contributed by atoms with E-state index in [4.69, 9.17) is 0 Å². The van der Waals surface area contributed by atoms with E-state index in [0.29, 0.717) is 0 Å². The summed E-state index contributed by atoms with van der Waals surface area (Å²) < 4.78 is 0. The Morgan fingerprint density at radius 2 is 1.40 bits per heavy atom. The van der Waals surface area contributed by atoms with Gasteiger partial charge in [0.05, 0.1) is 0 Å². The fourth-order valence-electron chi connectivity index (χ4n) is 2.71. The van der Waals surface area contributed by atoms with Gasteiger partial charge in [-0.05, 0) is 16.6 Å². The zero-order valence-corrected chi connectivity index (χ0v) is 12.2. The van der Waals surface area contributed by atoms with E-state index < -0.39 is 8.07 Å². The van der Waals surface area contributed by atoms with Crippen molar-refractivity contribution < 1.29 is 0 Å². The Labute approximate surface area is 97.2 Å². The molecule has 0 aliphatic carbocycles. The molecule has 0 aliphatic rings. The molecule has 0 atom stereocenters. The van der Waals surface area contributed by atoms with E-state index in [1.807, 2.05) is 6.08 Å². The van der Waals surface area contributed by atoms with Gasteiger partial charge in [-0.2, -0.15) is 0 Å². The van der Waals surface area contributed by atoms with Gasteiger partial charge >= 0.3 is 0 Å². The van der Waals surface area contributed by atoms with Crippen LogP contribution in [0.25, 0.3) is 0 Å². The topological polar surface area (TPSA) is 0 Å². The van der Waals surface area contributed by atoms with Gasteiger partial charge in [-0.15, -0.1) is 18.0 Å². The molecule has 0 amide bonds. The second-order valence-corrected chi connectivity index (χ2v) is 10.8. The fraction of sp³-hybridized carbons (Fsp3) is 0.714. The maximum atomic E-state index is 3.73. The Morgan fingerprint density at radius 1 is 1.00 bits per heavy atom. The maximum Gasteiger partial charge on any atom is 0.145 e. The first-order valence-electron chi connectivity index (χ1n) is 6.00. The van der Waals surface area contributed by atoms with Crippen LogP contribution in [-0.2, 0) is 0 Å². The highest BCUT2D eigenvalue weighted by Gasteiger charge is 2.41. The number of hydrogen-bond donors (Lipinski definition) is 0. The van der Waals surface area contributed by atoms with E-state index in [1.165, 1.54) is 0 Å². The minimum atomic E-state index is -1.47. The summed E-state index contributed by atoms with van der Waals surface area (Å²) in [5.41, 5.74) is 5.84. The lowest BCUT2D eigenvalue weighted by molar-refractivity contribution is 0.838. The predicted octanol–water partition coefficient (Wildman–Crippen LogP) is 4.78. The molecular weight excluding hydrogens is 196 g/mol. The minimum Gasteiger partial charge on any atom is -0.130 e. The van der Waals surface area contributed by atoms with Crippen LogP contribution >= 0.6 is 0 Å². The predicted molar refractivity (Wildman–Crippen MR) is 73.6 cm³/mol. The first kappa shape index (κ1) is 14.5. The van der Waals surface area contributed by atoms with Crippen molar-refractivity contribution in [3.05, 3.63) is 12.7 Å². The van der Waals surface area contributed by atoms with E-state index in [-0.39, 0.29) is 0 Å². The summed E-state index contributed by atoms with van der Waals surface area (Å²) in [7, 11) is -1.47. The van der Waals surface area contributed by atoms with Crippen LogP contribution in [0.15, 0.2) is 12.7 Å². The summed E-state index contributed by atoms with van der Waals surface area (Å²) in [5, 5.41) is 0. The second-order valence-electron chi connectivity index (χ2n) is 5.19. The molecule has 0 heterocycles. The molecule has 86 valence electrons. The zero-order valence-electron chi connectivity index (χ0n) is 11.2. The molecule has 1 heteroatoms. The van der Waals surface area contributed by atoms with Gasteiger partial charge in [0.25, 0.3) is 0 Å². The van der Waals surface area contributed by atoms with Gasteiger partial charge in [0.15, 0.2) is 0 Å². The van der Waals surface area contributed by atoms with Crippen molar-refractivity contribution >= 4 is 8.07 Å². The molecule has 0 bridgehead atoms. The van der Waals surface area contributed by atoms with Crippen LogP contribution in [0.4, 0.5) is 0 Å². The van der Waals surface area contributed by atoms with Crippen molar-refractivity contribution in [3.8, 4) is 11.5 Å². The van der Waals surface area contributed by atoms with Crippen LogP contribution in [0, 0.1) is 11.5 Å². The van der Waals surface area contributed by atoms with Crippen molar-refractivity contribution in [3.63, 3.8) is 0 Å². The highest BCUT2D eigenvalue weighted by atomic mass is 28.3. The summed E-state index contributed by atoms with van der Waals surface area (Å²) in [5.74, 6) is 3.31. The van der Waals surface area contributed by atoms with Crippen LogP contribution < -0.4 is 0 Å². The highest BCUT2D eigenvalue weighted by molar-refractivity contribution is 6.90. The van der Waals surface area contributed by atoms with Gasteiger partial charge in [0, 0.05) is 6.42 Å². The molecule has 0 aromatic heterocycles. The molecule has 0 fully saturated rings. The summed E-state index contributed by atoms with van der Waals surface area (Å²) >= 11 is 0. The van der Waals surface area contributed by atoms with Crippen LogP contribution in [-0.4, -0.2) is 8.07 Å². The minimum absolute atomic E-state index is 0.731. The zero-order chi connectivity index (χ0) is 12.1. The highest BCUT2D eigenvalue weighted by Crippen LogP contribution is 2.40. The van der Waals surface area contributed by atoms with Crippen LogP contribution in [0.2, 0.25) is 16.6 Å². The Kier molecular flexibility index (Phi) is 5.98. The molecule has 0 saturated carbocycles. The van der Waals surface area contributed by atoms with E-state index in [0.717, 1.165) is 23.0 Å². The molecule has 0 spiro atoms. The van der Waals surface area contributed by atoms with Gasteiger partial charge in [0.2, 0.25) is 0 Å². The molecule has 0 N–H and O–H groups in total. The fourth-order valence-corrected chi connectivity index (χ4v) is 7.98. The third-order valence-corrected chi connectivity index (χ3v) is 9.76. The Morgan fingerprint density at radius 3 is 1.67 bits per heavy atom.